The van der Waals surface area contributed by atoms with Crippen LogP contribution in [0.4, 0.5) is 0 Å². The van der Waals surface area contributed by atoms with E-state index in [-0.39, 0.29) is 0 Å². The van der Waals surface area contributed by atoms with Gasteiger partial charge in [-0.25, -0.2) is 4.79 Å². The Bertz CT molecular complexity index is 616. The first kappa shape index (κ1) is 16.6. The molecule has 0 aromatic carbocycles. The lowest BCUT2D eigenvalue weighted by molar-refractivity contribution is -0.539. The molecule has 1 aromatic rings. The standard InChI is InChI=1S/C15H19NO5S/c1-9-8-15(18,13(17)21-14(2,3)4)12(16(19)20)11(9)10-6-5-7-22-10/h5-8,11-12,18H,1-4H3/t11-,12-,15-/m1/s1. The van der Waals surface area contributed by atoms with Crippen molar-refractivity contribution in [1.29, 1.82) is 0 Å². The summed E-state index contributed by atoms with van der Waals surface area (Å²) < 4.78 is 5.18. The molecule has 3 atom stereocenters. The van der Waals surface area contributed by atoms with E-state index in [1.807, 2.05) is 5.38 Å². The lowest BCUT2D eigenvalue weighted by Crippen LogP contribution is -2.53. The highest BCUT2D eigenvalue weighted by atomic mass is 32.1. The Kier molecular flexibility index (Phi) is 4.14. The third-order valence-electron chi connectivity index (χ3n) is 3.51. The number of hydrogen-bond donors (Lipinski definition) is 1. The Labute approximate surface area is 132 Å². The number of nitro groups is 1. The number of nitrogens with zero attached hydrogens (tertiary/aromatic N) is 1. The number of thiophene rings is 1. The maximum atomic E-state index is 12.3. The number of carbonyl (C=O) groups is 1. The molecule has 7 heteroatoms. The molecule has 0 aliphatic heterocycles. The molecule has 0 unspecified atom stereocenters. The zero-order valence-electron chi connectivity index (χ0n) is 12.9. The van der Waals surface area contributed by atoms with Gasteiger partial charge in [0, 0.05) is 9.80 Å². The van der Waals surface area contributed by atoms with E-state index in [0.717, 1.165) is 4.88 Å². The van der Waals surface area contributed by atoms with E-state index >= 15 is 0 Å². The first-order valence-electron chi connectivity index (χ1n) is 6.88. The van der Waals surface area contributed by atoms with Crippen molar-refractivity contribution in [2.75, 3.05) is 0 Å². The fourth-order valence-electron chi connectivity index (χ4n) is 2.70. The number of rotatable bonds is 3. The summed E-state index contributed by atoms with van der Waals surface area (Å²) in [7, 11) is 0. The summed E-state index contributed by atoms with van der Waals surface area (Å²) in [4.78, 5) is 24.0. The minimum absolute atomic E-state index is 0.595. The molecule has 6 nitrogen and oxygen atoms in total. The first-order valence-corrected chi connectivity index (χ1v) is 7.76. The van der Waals surface area contributed by atoms with Crippen molar-refractivity contribution in [2.45, 2.75) is 50.9 Å². The lowest BCUT2D eigenvalue weighted by Gasteiger charge is -2.28. The zero-order chi connectivity index (χ0) is 16.7. The molecule has 1 N–H and O–H groups in total. The highest BCUT2D eigenvalue weighted by Crippen LogP contribution is 2.44. The van der Waals surface area contributed by atoms with Gasteiger partial charge in [-0.3, -0.25) is 10.1 Å². The summed E-state index contributed by atoms with van der Waals surface area (Å²) in [6.45, 7) is 6.64. The van der Waals surface area contributed by atoms with E-state index in [2.05, 4.69) is 0 Å². The van der Waals surface area contributed by atoms with Crippen molar-refractivity contribution in [2.24, 2.45) is 0 Å². The second-order valence-corrected chi connectivity index (χ2v) is 7.42. The topological polar surface area (TPSA) is 89.7 Å². The largest absolute Gasteiger partial charge is 0.457 e. The molecular formula is C15H19NO5S. The van der Waals surface area contributed by atoms with Gasteiger partial charge in [-0.05, 0) is 45.2 Å². The van der Waals surface area contributed by atoms with E-state index in [4.69, 9.17) is 4.74 Å². The number of carbonyl (C=O) groups excluding carboxylic acids is 1. The Morgan fingerprint density at radius 1 is 1.50 bits per heavy atom. The average Bonchev–Trinajstić information content (AvgIpc) is 2.92. The average molecular weight is 325 g/mol. The van der Waals surface area contributed by atoms with Crippen LogP contribution in [0.3, 0.4) is 0 Å². The fraction of sp³-hybridized carbons (Fsp3) is 0.533. The van der Waals surface area contributed by atoms with Gasteiger partial charge in [0.2, 0.25) is 5.60 Å². The van der Waals surface area contributed by atoms with Crippen LogP contribution in [0.5, 0.6) is 0 Å². The molecule has 1 aliphatic carbocycles. The highest BCUT2D eigenvalue weighted by molar-refractivity contribution is 7.10. The van der Waals surface area contributed by atoms with Crippen LogP contribution in [0.1, 0.15) is 38.5 Å². The molecule has 2 rings (SSSR count). The van der Waals surface area contributed by atoms with Crippen molar-refractivity contribution >= 4 is 17.3 Å². The normalized spacial score (nSPS) is 28.3. The van der Waals surface area contributed by atoms with Crippen molar-refractivity contribution in [3.05, 3.63) is 44.2 Å². The van der Waals surface area contributed by atoms with Crippen LogP contribution in [-0.2, 0) is 9.53 Å². The molecule has 0 fully saturated rings. The van der Waals surface area contributed by atoms with Gasteiger partial charge < -0.3 is 9.84 Å². The van der Waals surface area contributed by atoms with Crippen LogP contribution in [0.15, 0.2) is 29.2 Å². The predicted molar refractivity (Wildman–Crippen MR) is 82.4 cm³/mol. The highest BCUT2D eigenvalue weighted by Gasteiger charge is 2.61. The van der Waals surface area contributed by atoms with Crippen molar-refractivity contribution < 1.29 is 19.6 Å². The Balaban J connectivity index is 2.43. The lowest BCUT2D eigenvalue weighted by atomic mass is 9.89. The molecule has 0 saturated heterocycles. The van der Waals surface area contributed by atoms with Gasteiger partial charge in [-0.15, -0.1) is 11.3 Å². The maximum absolute atomic E-state index is 12.3. The molecular weight excluding hydrogens is 306 g/mol. The molecule has 0 spiro atoms. The van der Waals surface area contributed by atoms with Crippen LogP contribution in [0.2, 0.25) is 0 Å². The molecule has 0 radical (unpaired) electrons. The van der Waals surface area contributed by atoms with Gasteiger partial charge >= 0.3 is 5.97 Å². The van der Waals surface area contributed by atoms with Crippen molar-refractivity contribution in [3.8, 4) is 0 Å². The molecule has 0 saturated carbocycles. The summed E-state index contributed by atoms with van der Waals surface area (Å²) in [5, 5.41) is 24.1. The van der Waals surface area contributed by atoms with E-state index in [1.54, 1.807) is 39.8 Å². The fourth-order valence-corrected chi connectivity index (χ4v) is 3.63. The van der Waals surface area contributed by atoms with Crippen LogP contribution >= 0.6 is 11.3 Å². The molecule has 0 bridgehead atoms. The van der Waals surface area contributed by atoms with Crippen molar-refractivity contribution in [3.63, 3.8) is 0 Å². The van der Waals surface area contributed by atoms with Crippen LogP contribution in [0.25, 0.3) is 0 Å². The second-order valence-electron chi connectivity index (χ2n) is 6.44. The minimum Gasteiger partial charge on any atom is -0.457 e. The maximum Gasteiger partial charge on any atom is 0.350 e. The van der Waals surface area contributed by atoms with Gasteiger partial charge in [0.1, 0.15) is 5.60 Å². The van der Waals surface area contributed by atoms with Crippen LogP contribution in [0, 0.1) is 10.1 Å². The number of ether oxygens (including phenoxy) is 1. The minimum atomic E-state index is -2.25. The second kappa shape index (κ2) is 5.48. The molecule has 1 aliphatic rings. The van der Waals surface area contributed by atoms with Gasteiger partial charge in [-0.1, -0.05) is 11.6 Å². The van der Waals surface area contributed by atoms with Crippen LogP contribution in [-0.4, -0.2) is 33.2 Å². The Morgan fingerprint density at radius 2 is 2.14 bits per heavy atom. The van der Waals surface area contributed by atoms with Gasteiger partial charge in [-0.2, -0.15) is 0 Å². The van der Waals surface area contributed by atoms with Gasteiger partial charge in [0.05, 0.1) is 5.92 Å². The molecule has 22 heavy (non-hydrogen) atoms. The molecule has 1 aromatic heterocycles. The SMILES string of the molecule is CC1=C[C@](O)(C(=O)OC(C)(C)C)[C@H]([N+](=O)[O-])[C@H]1c1cccs1. The Hall–Kier alpha value is -1.73. The van der Waals surface area contributed by atoms with Crippen molar-refractivity contribution in [1.82, 2.24) is 0 Å². The summed E-state index contributed by atoms with van der Waals surface area (Å²) in [6, 6.07) is 2.07. The number of esters is 1. The first-order chi connectivity index (χ1) is 10.1. The number of aliphatic hydroxyl groups is 1. The number of hydrogen-bond acceptors (Lipinski definition) is 6. The summed E-state index contributed by atoms with van der Waals surface area (Å²) in [5.74, 6) is -1.62. The third-order valence-corrected chi connectivity index (χ3v) is 4.46. The van der Waals surface area contributed by atoms with E-state index in [9.17, 15) is 20.0 Å². The van der Waals surface area contributed by atoms with E-state index in [1.165, 1.54) is 17.4 Å². The van der Waals surface area contributed by atoms with Crippen LogP contribution < -0.4 is 0 Å². The predicted octanol–water partition coefficient (Wildman–Crippen LogP) is 2.51. The van der Waals surface area contributed by atoms with Gasteiger partial charge in [0.25, 0.3) is 6.04 Å². The smallest absolute Gasteiger partial charge is 0.350 e. The quantitative estimate of drug-likeness (QED) is 0.399. The monoisotopic (exact) mass is 325 g/mol. The summed E-state index contributed by atoms with van der Waals surface area (Å²) in [6.07, 6.45) is 1.26. The molecule has 1 heterocycles. The summed E-state index contributed by atoms with van der Waals surface area (Å²) in [5.41, 5.74) is -2.50. The van der Waals surface area contributed by atoms with Gasteiger partial charge in [0.15, 0.2) is 0 Å². The Morgan fingerprint density at radius 3 is 2.59 bits per heavy atom. The summed E-state index contributed by atoms with van der Waals surface area (Å²) >= 11 is 1.36. The third kappa shape index (κ3) is 2.91. The molecule has 120 valence electrons. The van der Waals surface area contributed by atoms with E-state index in [0.29, 0.717) is 5.57 Å². The van der Waals surface area contributed by atoms with E-state index < -0.39 is 34.1 Å². The zero-order valence-corrected chi connectivity index (χ0v) is 13.7. The molecule has 0 amide bonds.